The minimum absolute atomic E-state index is 0.514. The summed E-state index contributed by atoms with van der Waals surface area (Å²) in [4.78, 5) is 23.0. The third kappa shape index (κ3) is 3.11. The molecule has 3 aromatic heterocycles. The molecule has 0 aliphatic rings. The van der Waals surface area contributed by atoms with Crippen molar-refractivity contribution in [3.8, 4) is 34.2 Å². The summed E-state index contributed by atoms with van der Waals surface area (Å²) >= 11 is 0. The van der Waals surface area contributed by atoms with Crippen molar-refractivity contribution in [2.45, 2.75) is 0 Å². The van der Waals surface area contributed by atoms with Crippen molar-refractivity contribution >= 4 is 22.2 Å². The van der Waals surface area contributed by atoms with Crippen LogP contribution in [-0.4, -0.2) is 24.9 Å². The summed E-state index contributed by atoms with van der Waals surface area (Å²) < 4.78 is 5.80. The molecule has 6 nitrogen and oxygen atoms in total. The van der Waals surface area contributed by atoms with Crippen molar-refractivity contribution in [2.24, 2.45) is 0 Å². The second-order valence-corrected chi connectivity index (χ2v) is 7.06. The molecular weight excluding hydrogens is 386 g/mol. The molecule has 0 radical (unpaired) electrons. The Labute approximate surface area is 177 Å². The highest BCUT2D eigenvalue weighted by atomic mass is 16.3. The van der Waals surface area contributed by atoms with E-state index in [1.807, 2.05) is 78.9 Å². The number of rotatable bonds is 3. The van der Waals surface area contributed by atoms with Crippen LogP contribution in [0.25, 0.3) is 56.4 Å². The van der Waals surface area contributed by atoms with E-state index in [9.17, 15) is 0 Å². The number of furan rings is 1. The number of fused-ring (bicyclic) bond motifs is 3. The molecule has 0 spiro atoms. The first-order valence-electron chi connectivity index (χ1n) is 9.86. The lowest BCUT2D eigenvalue weighted by Crippen LogP contribution is -2.00. The van der Waals surface area contributed by atoms with Crippen LogP contribution in [0.2, 0.25) is 0 Å². The number of nitrogens with zero attached hydrogens (tertiary/aromatic N) is 5. The first-order valence-corrected chi connectivity index (χ1v) is 9.86. The largest absolute Gasteiger partial charge is 0.436 e. The Morgan fingerprint density at radius 2 is 1.13 bits per heavy atom. The molecule has 31 heavy (non-hydrogen) atoms. The van der Waals surface area contributed by atoms with Gasteiger partial charge in [-0.2, -0.15) is 0 Å². The molecule has 0 N–H and O–H groups in total. The molecular formula is C25H15N5O. The molecule has 0 saturated heterocycles. The molecule has 6 aromatic rings. The molecule has 0 unspecified atom stereocenters. The molecule has 0 fully saturated rings. The van der Waals surface area contributed by atoms with Crippen LogP contribution in [0.4, 0.5) is 0 Å². The number of hydrogen-bond acceptors (Lipinski definition) is 6. The monoisotopic (exact) mass is 401 g/mol. The summed E-state index contributed by atoms with van der Waals surface area (Å²) in [5, 5.41) is 0.878. The van der Waals surface area contributed by atoms with Gasteiger partial charge in [-0.25, -0.2) is 24.9 Å². The predicted molar refractivity (Wildman–Crippen MR) is 119 cm³/mol. The van der Waals surface area contributed by atoms with Crippen LogP contribution in [0.15, 0.2) is 95.7 Å². The Hall–Kier alpha value is -4.45. The van der Waals surface area contributed by atoms with Crippen LogP contribution in [0.5, 0.6) is 0 Å². The standard InChI is InChI=1S/C25H15N5O/c1-3-7-16(8-4-1)22-28-23(17-9-5-2-6-10-17)30-24(29-22)18-11-12-20-19(15-18)21-25(31-20)27-14-13-26-21/h1-15H. The zero-order chi connectivity index (χ0) is 20.6. The summed E-state index contributed by atoms with van der Waals surface area (Å²) in [6.07, 6.45) is 3.28. The highest BCUT2D eigenvalue weighted by Gasteiger charge is 2.15. The molecule has 0 saturated carbocycles. The predicted octanol–water partition coefficient (Wildman–Crippen LogP) is 5.56. The van der Waals surface area contributed by atoms with Gasteiger partial charge in [0.2, 0.25) is 5.71 Å². The third-order valence-corrected chi connectivity index (χ3v) is 5.06. The van der Waals surface area contributed by atoms with E-state index >= 15 is 0 Å². The van der Waals surface area contributed by atoms with Gasteiger partial charge in [0, 0.05) is 34.5 Å². The Morgan fingerprint density at radius 1 is 0.548 bits per heavy atom. The van der Waals surface area contributed by atoms with Crippen LogP contribution < -0.4 is 0 Å². The van der Waals surface area contributed by atoms with E-state index in [0.717, 1.165) is 33.2 Å². The quantitative estimate of drug-likeness (QED) is 0.386. The van der Waals surface area contributed by atoms with Gasteiger partial charge in [-0.3, -0.25) is 0 Å². The number of hydrogen-bond donors (Lipinski definition) is 0. The molecule has 0 aliphatic heterocycles. The fraction of sp³-hybridized carbons (Fsp3) is 0. The maximum absolute atomic E-state index is 5.80. The Balaban J connectivity index is 1.58. The lowest BCUT2D eigenvalue weighted by Gasteiger charge is -2.08. The molecule has 3 aromatic carbocycles. The second kappa shape index (κ2) is 7.11. The van der Waals surface area contributed by atoms with E-state index in [4.69, 9.17) is 19.4 Å². The molecule has 3 heterocycles. The van der Waals surface area contributed by atoms with Crippen LogP contribution in [0.1, 0.15) is 0 Å². The van der Waals surface area contributed by atoms with Gasteiger partial charge in [-0.05, 0) is 18.2 Å². The van der Waals surface area contributed by atoms with E-state index in [2.05, 4.69) is 9.97 Å². The normalized spacial score (nSPS) is 11.2. The second-order valence-electron chi connectivity index (χ2n) is 7.06. The SMILES string of the molecule is c1ccc(-c2nc(-c3ccccc3)nc(-c3ccc4oc5nccnc5c4c3)n2)cc1. The molecule has 6 heteroatoms. The first kappa shape index (κ1) is 17.4. The molecule has 0 atom stereocenters. The van der Waals surface area contributed by atoms with E-state index in [1.54, 1.807) is 12.4 Å². The average molecular weight is 401 g/mol. The molecule has 146 valence electrons. The van der Waals surface area contributed by atoms with Crippen LogP contribution in [0.3, 0.4) is 0 Å². The molecule has 0 amide bonds. The maximum Gasteiger partial charge on any atom is 0.246 e. The molecule has 0 bridgehead atoms. The fourth-order valence-corrected chi connectivity index (χ4v) is 3.57. The summed E-state index contributed by atoms with van der Waals surface area (Å²) in [6, 6.07) is 25.7. The van der Waals surface area contributed by atoms with Gasteiger partial charge >= 0.3 is 0 Å². The van der Waals surface area contributed by atoms with Crippen molar-refractivity contribution in [3.63, 3.8) is 0 Å². The van der Waals surface area contributed by atoms with Crippen molar-refractivity contribution in [1.29, 1.82) is 0 Å². The maximum atomic E-state index is 5.80. The van der Waals surface area contributed by atoms with Crippen LogP contribution >= 0.6 is 0 Å². The van der Waals surface area contributed by atoms with Crippen LogP contribution in [-0.2, 0) is 0 Å². The zero-order valence-corrected chi connectivity index (χ0v) is 16.3. The van der Waals surface area contributed by atoms with Gasteiger partial charge in [-0.1, -0.05) is 60.7 Å². The van der Waals surface area contributed by atoms with Gasteiger partial charge in [0.05, 0.1) is 0 Å². The van der Waals surface area contributed by atoms with Gasteiger partial charge in [0.15, 0.2) is 17.5 Å². The van der Waals surface area contributed by atoms with Crippen molar-refractivity contribution < 1.29 is 4.42 Å². The minimum atomic E-state index is 0.514. The fourth-order valence-electron chi connectivity index (χ4n) is 3.57. The van der Waals surface area contributed by atoms with Crippen molar-refractivity contribution in [2.75, 3.05) is 0 Å². The number of benzene rings is 3. The summed E-state index contributed by atoms with van der Waals surface area (Å²) in [7, 11) is 0. The van der Waals surface area contributed by atoms with Gasteiger partial charge in [0.25, 0.3) is 0 Å². The summed E-state index contributed by atoms with van der Waals surface area (Å²) in [6.45, 7) is 0. The number of aromatic nitrogens is 5. The highest BCUT2D eigenvalue weighted by Crippen LogP contribution is 2.30. The van der Waals surface area contributed by atoms with E-state index < -0.39 is 0 Å². The average Bonchev–Trinajstić information content (AvgIpc) is 3.23. The highest BCUT2D eigenvalue weighted by molar-refractivity contribution is 6.02. The lowest BCUT2D eigenvalue weighted by atomic mass is 10.1. The first-order chi connectivity index (χ1) is 15.3. The third-order valence-electron chi connectivity index (χ3n) is 5.06. The van der Waals surface area contributed by atoms with Crippen LogP contribution in [0, 0.1) is 0 Å². The van der Waals surface area contributed by atoms with Gasteiger partial charge in [0.1, 0.15) is 11.1 Å². The van der Waals surface area contributed by atoms with Crippen molar-refractivity contribution in [3.05, 3.63) is 91.3 Å². The summed E-state index contributed by atoms with van der Waals surface area (Å²) in [5.74, 6) is 1.84. The molecule has 0 aliphatic carbocycles. The van der Waals surface area contributed by atoms with E-state index in [0.29, 0.717) is 23.2 Å². The summed E-state index contributed by atoms with van der Waals surface area (Å²) in [5.41, 5.74) is 4.69. The topological polar surface area (TPSA) is 77.6 Å². The Morgan fingerprint density at radius 3 is 1.77 bits per heavy atom. The van der Waals surface area contributed by atoms with Crippen molar-refractivity contribution in [1.82, 2.24) is 24.9 Å². The Kier molecular flexibility index (Phi) is 3.99. The van der Waals surface area contributed by atoms with Gasteiger partial charge < -0.3 is 4.42 Å². The molecule has 6 rings (SSSR count). The lowest BCUT2D eigenvalue weighted by molar-refractivity contribution is 0.653. The van der Waals surface area contributed by atoms with E-state index in [-0.39, 0.29) is 0 Å². The zero-order valence-electron chi connectivity index (χ0n) is 16.3. The minimum Gasteiger partial charge on any atom is -0.436 e. The Bertz CT molecular complexity index is 1470. The smallest absolute Gasteiger partial charge is 0.246 e. The van der Waals surface area contributed by atoms with Gasteiger partial charge in [-0.15, -0.1) is 0 Å². The van der Waals surface area contributed by atoms with E-state index in [1.165, 1.54) is 0 Å².